The summed E-state index contributed by atoms with van der Waals surface area (Å²) < 4.78 is 0. The van der Waals surface area contributed by atoms with Gasteiger partial charge in [0.25, 0.3) is 0 Å². The van der Waals surface area contributed by atoms with Crippen LogP contribution in [0.5, 0.6) is 0 Å². The maximum Gasteiger partial charge on any atom is 0.631 e. The predicted octanol–water partition coefficient (Wildman–Crippen LogP) is 0.369. The summed E-state index contributed by atoms with van der Waals surface area (Å²) in [5.41, 5.74) is 3.92. The van der Waals surface area contributed by atoms with E-state index in [0.717, 1.165) is 63.5 Å². The van der Waals surface area contributed by atoms with Crippen molar-refractivity contribution >= 4 is 24.5 Å². The first kappa shape index (κ1) is 24.2. The molecule has 2 aliphatic heterocycles. The van der Waals surface area contributed by atoms with Crippen molar-refractivity contribution in [2.75, 3.05) is 76.3 Å². The first-order chi connectivity index (χ1) is 15.3. The molecule has 4 rings (SSSR count). The van der Waals surface area contributed by atoms with Crippen LogP contribution in [0.2, 0.25) is 0 Å². The molecule has 172 valence electrons. The molecule has 8 nitrogen and oxygen atoms in total. The van der Waals surface area contributed by atoms with Crippen LogP contribution in [0.15, 0.2) is 48.5 Å². The molecule has 32 heavy (non-hydrogen) atoms. The number of benzene rings is 2. The van der Waals surface area contributed by atoms with Crippen LogP contribution in [0.25, 0.3) is 0 Å². The zero-order valence-corrected chi connectivity index (χ0v) is 18.9. The van der Waals surface area contributed by atoms with Crippen molar-refractivity contribution in [3.63, 3.8) is 0 Å². The van der Waals surface area contributed by atoms with E-state index in [1.165, 1.54) is 11.4 Å². The summed E-state index contributed by atoms with van der Waals surface area (Å²) in [7, 11) is 2.15. The molecule has 0 unspecified atom stereocenters. The van der Waals surface area contributed by atoms with Crippen LogP contribution >= 0.6 is 0 Å². The van der Waals surface area contributed by atoms with Crippen LogP contribution in [-0.4, -0.2) is 104 Å². The van der Waals surface area contributed by atoms with Gasteiger partial charge in [0.15, 0.2) is 5.78 Å². The molecule has 0 saturated carbocycles. The topological polar surface area (TPSA) is 90.7 Å². The number of piperazine rings is 2. The van der Waals surface area contributed by atoms with Crippen LogP contribution in [0.4, 0.5) is 11.4 Å². The van der Waals surface area contributed by atoms with Crippen molar-refractivity contribution in [3.8, 4) is 0 Å². The van der Waals surface area contributed by atoms with Crippen molar-refractivity contribution in [1.82, 2.24) is 9.80 Å². The standard InChI is InChI=1S/C23H30N4O.BH3O3/c1-24-11-15-26(16-12-24)21-7-3-19(4-8-21)23(28)20-5-9-22(10-6-20)27-17-13-25(2)14-18-27;2-1(3)4/h3-10H,11-18H2,1-2H3;2-4H. The number of hydrogen-bond acceptors (Lipinski definition) is 8. The van der Waals surface area contributed by atoms with Crippen LogP contribution in [0.3, 0.4) is 0 Å². The Bertz CT molecular complexity index is 777. The second-order valence-electron chi connectivity index (χ2n) is 8.35. The molecule has 2 aliphatic rings. The van der Waals surface area contributed by atoms with E-state index in [1.807, 2.05) is 24.3 Å². The van der Waals surface area contributed by atoms with Gasteiger partial charge < -0.3 is 34.7 Å². The Labute approximate surface area is 190 Å². The van der Waals surface area contributed by atoms with Crippen LogP contribution in [0, 0.1) is 0 Å². The summed E-state index contributed by atoms with van der Waals surface area (Å²) in [5.74, 6) is 0.0925. The number of nitrogens with zero attached hydrogens (tertiary/aromatic N) is 4. The molecule has 0 atom stereocenters. The molecule has 0 aromatic heterocycles. The number of likely N-dealkylation sites (N-methyl/N-ethyl adjacent to an activating group) is 2. The average Bonchev–Trinajstić information content (AvgIpc) is 2.80. The fourth-order valence-electron chi connectivity index (χ4n) is 3.94. The summed E-state index contributed by atoms with van der Waals surface area (Å²) in [6.45, 7) is 8.49. The first-order valence-corrected chi connectivity index (χ1v) is 11.0. The highest BCUT2D eigenvalue weighted by molar-refractivity contribution is 6.30. The van der Waals surface area contributed by atoms with Crippen molar-refractivity contribution < 1.29 is 19.9 Å². The summed E-state index contributed by atoms with van der Waals surface area (Å²) in [6.07, 6.45) is 0. The summed E-state index contributed by atoms with van der Waals surface area (Å²) in [4.78, 5) is 22.3. The van der Waals surface area contributed by atoms with Gasteiger partial charge >= 0.3 is 7.32 Å². The quantitative estimate of drug-likeness (QED) is 0.464. The lowest BCUT2D eigenvalue weighted by Gasteiger charge is -2.34. The Hall–Kier alpha value is -2.43. The van der Waals surface area contributed by atoms with Crippen molar-refractivity contribution in [3.05, 3.63) is 59.7 Å². The van der Waals surface area contributed by atoms with Gasteiger partial charge in [0, 0.05) is 74.9 Å². The molecule has 0 bridgehead atoms. The monoisotopic (exact) mass is 440 g/mol. The molecule has 2 aromatic carbocycles. The second-order valence-corrected chi connectivity index (χ2v) is 8.35. The van der Waals surface area contributed by atoms with Crippen molar-refractivity contribution in [2.45, 2.75) is 0 Å². The Kier molecular flexibility index (Phi) is 8.66. The number of anilines is 2. The SMILES string of the molecule is CN1CCN(c2ccc(C(=O)c3ccc(N4CCN(C)CC4)cc3)cc2)CC1.OB(O)O. The molecule has 0 spiro atoms. The molecule has 2 aromatic rings. The van der Waals surface area contributed by atoms with Crippen LogP contribution in [-0.2, 0) is 0 Å². The lowest BCUT2D eigenvalue weighted by atomic mass is 10.0. The number of ketones is 1. The van der Waals surface area contributed by atoms with E-state index in [1.54, 1.807) is 0 Å². The molecule has 0 amide bonds. The zero-order valence-electron chi connectivity index (χ0n) is 18.9. The van der Waals surface area contributed by atoms with Gasteiger partial charge in [0.1, 0.15) is 0 Å². The largest absolute Gasteiger partial charge is 0.631 e. The van der Waals surface area contributed by atoms with Gasteiger partial charge in [0.05, 0.1) is 0 Å². The predicted molar refractivity (Wildman–Crippen MR) is 128 cm³/mol. The highest BCUT2D eigenvalue weighted by Crippen LogP contribution is 2.21. The van der Waals surface area contributed by atoms with E-state index in [4.69, 9.17) is 15.1 Å². The first-order valence-electron chi connectivity index (χ1n) is 11.0. The molecule has 9 heteroatoms. The third-order valence-electron chi connectivity index (χ3n) is 6.00. The molecular formula is C23H33BN4O4. The van der Waals surface area contributed by atoms with E-state index in [-0.39, 0.29) is 5.78 Å². The second kappa shape index (κ2) is 11.4. The number of rotatable bonds is 4. The molecule has 2 heterocycles. The van der Waals surface area contributed by atoms with Crippen molar-refractivity contribution in [1.29, 1.82) is 0 Å². The van der Waals surface area contributed by atoms with E-state index in [2.05, 4.69) is 58.0 Å². The van der Waals surface area contributed by atoms with E-state index in [9.17, 15) is 4.79 Å². The zero-order chi connectivity index (χ0) is 23.1. The number of hydrogen-bond donors (Lipinski definition) is 3. The van der Waals surface area contributed by atoms with E-state index in [0.29, 0.717) is 0 Å². The molecule has 0 radical (unpaired) electrons. The minimum absolute atomic E-state index is 0.0925. The summed E-state index contributed by atoms with van der Waals surface area (Å²) in [5, 5.41) is 21.5. The lowest BCUT2D eigenvalue weighted by Crippen LogP contribution is -2.44. The summed E-state index contributed by atoms with van der Waals surface area (Å²) >= 11 is 0. The minimum Gasteiger partial charge on any atom is -0.402 e. The highest BCUT2D eigenvalue weighted by Gasteiger charge is 2.17. The Morgan fingerprint density at radius 1 is 0.625 bits per heavy atom. The van der Waals surface area contributed by atoms with Gasteiger partial charge in [-0.3, -0.25) is 4.79 Å². The van der Waals surface area contributed by atoms with E-state index >= 15 is 0 Å². The number of carbonyl (C=O) groups is 1. The fourth-order valence-corrected chi connectivity index (χ4v) is 3.94. The Balaban J connectivity index is 0.000000668. The maximum absolute atomic E-state index is 12.9. The normalized spacial score (nSPS) is 17.5. The third-order valence-corrected chi connectivity index (χ3v) is 6.00. The van der Waals surface area contributed by atoms with Gasteiger partial charge in [-0.25, -0.2) is 0 Å². The molecule has 3 N–H and O–H groups in total. The molecule has 2 saturated heterocycles. The Morgan fingerprint density at radius 2 is 0.906 bits per heavy atom. The third kappa shape index (κ3) is 6.78. The van der Waals surface area contributed by atoms with E-state index < -0.39 is 7.32 Å². The van der Waals surface area contributed by atoms with Gasteiger partial charge in [-0.15, -0.1) is 0 Å². The summed E-state index contributed by atoms with van der Waals surface area (Å²) in [6, 6.07) is 16.2. The fraction of sp³-hybridized carbons (Fsp3) is 0.435. The minimum atomic E-state index is -2.17. The van der Waals surface area contributed by atoms with Crippen molar-refractivity contribution in [2.24, 2.45) is 0 Å². The molecule has 0 aliphatic carbocycles. The van der Waals surface area contributed by atoms with Gasteiger partial charge in [-0.2, -0.15) is 0 Å². The molecular weight excluding hydrogens is 407 g/mol. The van der Waals surface area contributed by atoms with Gasteiger partial charge in [0.2, 0.25) is 0 Å². The van der Waals surface area contributed by atoms with Crippen LogP contribution in [0.1, 0.15) is 15.9 Å². The lowest BCUT2D eigenvalue weighted by molar-refractivity contribution is 0.103. The Morgan fingerprint density at radius 3 is 1.19 bits per heavy atom. The highest BCUT2D eigenvalue weighted by atomic mass is 16.5. The van der Waals surface area contributed by atoms with Gasteiger partial charge in [-0.05, 0) is 62.6 Å². The van der Waals surface area contributed by atoms with Gasteiger partial charge in [-0.1, -0.05) is 0 Å². The number of carbonyl (C=O) groups excluding carboxylic acids is 1. The smallest absolute Gasteiger partial charge is 0.402 e. The molecule has 2 fully saturated rings. The maximum atomic E-state index is 12.9. The average molecular weight is 440 g/mol. The van der Waals surface area contributed by atoms with Crippen LogP contribution < -0.4 is 9.80 Å².